The summed E-state index contributed by atoms with van der Waals surface area (Å²) >= 11 is 4.54. The maximum absolute atomic E-state index is 10.6. The predicted octanol–water partition coefficient (Wildman–Crippen LogP) is 0.322. The Labute approximate surface area is 57.7 Å². The van der Waals surface area contributed by atoms with E-state index in [1.807, 2.05) is 0 Å². The molecule has 0 spiro atoms. The van der Waals surface area contributed by atoms with Gasteiger partial charge in [0.15, 0.2) is 5.76 Å². The Morgan fingerprint density at radius 2 is 2.44 bits per heavy atom. The van der Waals surface area contributed by atoms with Gasteiger partial charge in [0.1, 0.15) is 0 Å². The van der Waals surface area contributed by atoms with E-state index < -0.39 is 0 Å². The number of amides is 1. The van der Waals surface area contributed by atoms with Crippen molar-refractivity contribution in [3.05, 3.63) is 11.8 Å². The van der Waals surface area contributed by atoms with Crippen LogP contribution in [0.3, 0.4) is 0 Å². The van der Waals surface area contributed by atoms with Crippen LogP contribution in [0.1, 0.15) is 6.92 Å². The lowest BCUT2D eigenvalue weighted by Gasteiger charge is -1.86. The van der Waals surface area contributed by atoms with Gasteiger partial charge in [-0.15, -0.1) is 0 Å². The van der Waals surface area contributed by atoms with E-state index in [9.17, 15) is 4.79 Å². The molecule has 0 aromatic carbocycles. The summed E-state index contributed by atoms with van der Waals surface area (Å²) in [4.78, 5) is 10.6. The molecule has 1 amide bonds. The first-order valence-corrected chi connectivity index (χ1v) is 2.84. The fourth-order valence-corrected chi connectivity index (χ4v) is 0.699. The molecule has 48 valence electrons. The van der Waals surface area contributed by atoms with Crippen molar-refractivity contribution in [2.24, 2.45) is 0 Å². The number of carbonyl (C=O) groups excluding carboxylic acids is 1. The highest BCUT2D eigenvalue weighted by molar-refractivity contribution is 7.80. The first-order chi connectivity index (χ1) is 4.24. The molecule has 1 heterocycles. The normalized spacial score (nSPS) is 22.1. The van der Waals surface area contributed by atoms with Gasteiger partial charge in [-0.05, 0) is 25.2 Å². The second kappa shape index (κ2) is 2.14. The van der Waals surface area contributed by atoms with Gasteiger partial charge in [-0.25, -0.2) is 0 Å². The summed E-state index contributed by atoms with van der Waals surface area (Å²) in [5, 5.41) is 2.45. The molecule has 0 atom stereocenters. The minimum atomic E-state index is -0.262. The number of hydrogen-bond acceptors (Lipinski definition) is 3. The Balaban J connectivity index is 2.81. The zero-order valence-corrected chi connectivity index (χ0v) is 5.62. The van der Waals surface area contributed by atoms with Crippen molar-refractivity contribution >= 4 is 23.3 Å². The van der Waals surface area contributed by atoms with Crippen LogP contribution in [0.25, 0.3) is 0 Å². The van der Waals surface area contributed by atoms with Crippen LogP contribution < -0.4 is 5.32 Å². The van der Waals surface area contributed by atoms with Crippen LogP contribution >= 0.6 is 12.2 Å². The molecule has 1 aliphatic heterocycles. The Morgan fingerprint density at radius 1 is 1.78 bits per heavy atom. The SMILES string of the molecule is C/C=C1/OC(=S)NC1=O. The van der Waals surface area contributed by atoms with Gasteiger partial charge in [0.25, 0.3) is 11.1 Å². The van der Waals surface area contributed by atoms with Crippen LogP contribution in [0.2, 0.25) is 0 Å². The zero-order valence-electron chi connectivity index (χ0n) is 4.80. The van der Waals surface area contributed by atoms with Gasteiger partial charge in [-0.1, -0.05) is 0 Å². The fourth-order valence-electron chi connectivity index (χ4n) is 0.516. The van der Waals surface area contributed by atoms with Crippen LogP contribution in [0.5, 0.6) is 0 Å². The summed E-state index contributed by atoms with van der Waals surface area (Å²) in [5.74, 6) is 0.0162. The highest BCUT2D eigenvalue weighted by atomic mass is 32.1. The van der Waals surface area contributed by atoms with Gasteiger partial charge in [0.05, 0.1) is 0 Å². The number of rotatable bonds is 0. The summed E-state index contributed by atoms with van der Waals surface area (Å²) in [6.45, 7) is 1.71. The van der Waals surface area contributed by atoms with Crippen LogP contribution in [0.15, 0.2) is 11.8 Å². The van der Waals surface area contributed by atoms with Gasteiger partial charge < -0.3 is 4.74 Å². The van der Waals surface area contributed by atoms with Crippen molar-refractivity contribution < 1.29 is 9.53 Å². The van der Waals surface area contributed by atoms with Crippen molar-refractivity contribution in [2.45, 2.75) is 6.92 Å². The first kappa shape index (κ1) is 6.22. The zero-order chi connectivity index (χ0) is 6.85. The smallest absolute Gasteiger partial charge is 0.294 e. The average molecular weight is 143 g/mol. The quantitative estimate of drug-likeness (QED) is 0.392. The molecular weight excluding hydrogens is 138 g/mol. The van der Waals surface area contributed by atoms with E-state index in [1.165, 1.54) is 0 Å². The number of ether oxygens (including phenoxy) is 1. The maximum Gasteiger partial charge on any atom is 0.294 e. The van der Waals surface area contributed by atoms with Gasteiger partial charge in [0, 0.05) is 0 Å². The molecule has 1 fully saturated rings. The molecule has 0 unspecified atom stereocenters. The second-order valence-corrected chi connectivity index (χ2v) is 1.87. The molecule has 4 heteroatoms. The van der Waals surface area contributed by atoms with Crippen LogP contribution in [-0.4, -0.2) is 11.1 Å². The predicted molar refractivity (Wildman–Crippen MR) is 35.6 cm³/mol. The van der Waals surface area contributed by atoms with E-state index in [2.05, 4.69) is 17.5 Å². The Kier molecular flexibility index (Phi) is 1.48. The van der Waals surface area contributed by atoms with E-state index in [4.69, 9.17) is 4.74 Å². The molecule has 1 aliphatic rings. The summed E-state index contributed by atoms with van der Waals surface area (Å²) in [6, 6.07) is 0. The summed E-state index contributed by atoms with van der Waals surface area (Å²) in [6.07, 6.45) is 1.56. The molecule has 1 N–H and O–H groups in total. The third-order valence-corrected chi connectivity index (χ3v) is 1.09. The third-order valence-electron chi connectivity index (χ3n) is 0.904. The van der Waals surface area contributed by atoms with E-state index in [0.29, 0.717) is 0 Å². The van der Waals surface area contributed by atoms with E-state index in [-0.39, 0.29) is 16.8 Å². The van der Waals surface area contributed by atoms with Crippen molar-refractivity contribution in [3.63, 3.8) is 0 Å². The molecule has 1 saturated heterocycles. The molecule has 3 nitrogen and oxygen atoms in total. The molecule has 0 aromatic heterocycles. The van der Waals surface area contributed by atoms with Crippen LogP contribution in [0.4, 0.5) is 0 Å². The monoisotopic (exact) mass is 143 g/mol. The van der Waals surface area contributed by atoms with Crippen molar-refractivity contribution in [3.8, 4) is 0 Å². The summed E-state index contributed by atoms with van der Waals surface area (Å²) < 4.78 is 4.75. The van der Waals surface area contributed by atoms with Crippen molar-refractivity contribution in [2.75, 3.05) is 0 Å². The fraction of sp³-hybridized carbons (Fsp3) is 0.200. The Bertz CT molecular complexity index is 197. The molecule has 0 aromatic rings. The Hall–Kier alpha value is -0.900. The molecule has 0 radical (unpaired) electrons. The minimum Gasteiger partial charge on any atom is -0.426 e. The standard InChI is InChI=1S/C5H5NO2S/c1-2-3-4(7)6-5(9)8-3/h2H,1H3,(H,6,7,9)/b3-2+. The van der Waals surface area contributed by atoms with Crippen molar-refractivity contribution in [1.29, 1.82) is 0 Å². The Morgan fingerprint density at radius 3 is 2.67 bits per heavy atom. The summed E-state index contributed by atoms with van der Waals surface area (Å²) in [7, 11) is 0. The van der Waals surface area contributed by atoms with E-state index in [0.717, 1.165) is 0 Å². The largest absolute Gasteiger partial charge is 0.426 e. The van der Waals surface area contributed by atoms with Crippen LogP contribution in [-0.2, 0) is 9.53 Å². The lowest BCUT2D eigenvalue weighted by molar-refractivity contribution is -0.116. The maximum atomic E-state index is 10.6. The van der Waals surface area contributed by atoms with E-state index >= 15 is 0 Å². The highest BCUT2D eigenvalue weighted by Crippen LogP contribution is 2.04. The number of allylic oxidation sites excluding steroid dienone is 1. The highest BCUT2D eigenvalue weighted by Gasteiger charge is 2.21. The van der Waals surface area contributed by atoms with Gasteiger partial charge >= 0.3 is 0 Å². The van der Waals surface area contributed by atoms with Crippen LogP contribution in [0, 0.1) is 0 Å². The third kappa shape index (κ3) is 1.08. The molecular formula is C5H5NO2S. The number of thiocarbonyl (C=S) groups is 1. The summed E-state index contributed by atoms with van der Waals surface area (Å²) in [5.41, 5.74) is 0. The van der Waals surface area contributed by atoms with Gasteiger partial charge in [-0.2, -0.15) is 0 Å². The number of hydrogen-bond donors (Lipinski definition) is 1. The molecule has 0 bridgehead atoms. The first-order valence-electron chi connectivity index (χ1n) is 2.43. The topological polar surface area (TPSA) is 38.3 Å². The van der Waals surface area contributed by atoms with Gasteiger partial charge in [-0.3, -0.25) is 10.1 Å². The second-order valence-electron chi connectivity index (χ2n) is 1.50. The lowest BCUT2D eigenvalue weighted by Crippen LogP contribution is -2.18. The average Bonchev–Trinajstić information content (AvgIpc) is 2.10. The molecule has 9 heavy (non-hydrogen) atoms. The minimum absolute atomic E-state index is 0.133. The molecule has 0 aliphatic carbocycles. The number of nitrogens with one attached hydrogen (secondary N) is 1. The van der Waals surface area contributed by atoms with Gasteiger partial charge in [0.2, 0.25) is 0 Å². The number of carbonyl (C=O) groups is 1. The van der Waals surface area contributed by atoms with Crippen molar-refractivity contribution in [1.82, 2.24) is 5.32 Å². The molecule has 0 saturated carbocycles. The molecule has 1 rings (SSSR count). The van der Waals surface area contributed by atoms with E-state index in [1.54, 1.807) is 13.0 Å². The lowest BCUT2D eigenvalue weighted by atomic mass is 10.4.